The third kappa shape index (κ3) is 2.59. The molecule has 0 aliphatic heterocycles. The van der Waals surface area contributed by atoms with Crippen LogP contribution in [-0.4, -0.2) is 22.8 Å². The van der Waals surface area contributed by atoms with Gasteiger partial charge in [0.25, 0.3) is 0 Å². The summed E-state index contributed by atoms with van der Waals surface area (Å²) in [6.07, 6.45) is 1.55. The molecule has 2 aromatic rings. The fourth-order valence-corrected chi connectivity index (χ4v) is 1.80. The molecule has 0 saturated heterocycles. The molecule has 0 saturated carbocycles. The normalized spacial score (nSPS) is 10.8. The van der Waals surface area contributed by atoms with E-state index >= 15 is 0 Å². The quantitative estimate of drug-likeness (QED) is 0.663. The van der Waals surface area contributed by atoms with Crippen molar-refractivity contribution in [2.24, 2.45) is 0 Å². The number of aromatic nitrogens is 1. The van der Waals surface area contributed by atoms with Gasteiger partial charge in [0.15, 0.2) is 0 Å². The van der Waals surface area contributed by atoms with E-state index in [1.54, 1.807) is 20.0 Å². The summed E-state index contributed by atoms with van der Waals surface area (Å²) in [6.45, 7) is 3.44. The van der Waals surface area contributed by atoms with E-state index in [1.807, 2.05) is 24.3 Å². The molecule has 0 aliphatic carbocycles. The number of hydrogen-bond acceptors (Lipinski definition) is 3. The number of fused-ring (bicyclic) bond motifs is 1. The monoisotopic (exact) mass is 245 g/mol. The van der Waals surface area contributed by atoms with Crippen LogP contribution in [0.25, 0.3) is 10.9 Å². The van der Waals surface area contributed by atoms with Crippen molar-refractivity contribution in [3.05, 3.63) is 36.0 Å². The molecule has 0 unspecified atom stereocenters. The van der Waals surface area contributed by atoms with Gasteiger partial charge in [-0.25, -0.2) is 4.79 Å². The van der Waals surface area contributed by atoms with Gasteiger partial charge in [0.05, 0.1) is 6.10 Å². The van der Waals surface area contributed by atoms with E-state index in [4.69, 9.17) is 4.74 Å². The molecular weight excluding hydrogens is 230 g/mol. The van der Waals surface area contributed by atoms with Crippen molar-refractivity contribution in [3.63, 3.8) is 0 Å². The Labute approximate surface area is 105 Å². The second kappa shape index (κ2) is 5.04. The Hall–Kier alpha value is -2.10. The highest BCUT2D eigenvalue weighted by molar-refractivity contribution is 6.34. The van der Waals surface area contributed by atoms with Crippen molar-refractivity contribution < 1.29 is 14.3 Å². The summed E-state index contributed by atoms with van der Waals surface area (Å²) < 4.78 is 4.87. The topological polar surface area (TPSA) is 59.2 Å². The highest BCUT2D eigenvalue weighted by Crippen LogP contribution is 2.18. The van der Waals surface area contributed by atoms with Crippen molar-refractivity contribution in [2.75, 3.05) is 0 Å². The third-order valence-corrected chi connectivity index (χ3v) is 2.60. The van der Waals surface area contributed by atoms with Gasteiger partial charge in [0, 0.05) is 23.5 Å². The molecule has 4 nitrogen and oxygen atoms in total. The number of aromatic amines is 1. The zero-order valence-electron chi connectivity index (χ0n) is 10.4. The van der Waals surface area contributed by atoms with Crippen molar-refractivity contribution in [1.29, 1.82) is 0 Å². The predicted molar refractivity (Wildman–Crippen MR) is 68.2 cm³/mol. The van der Waals surface area contributed by atoms with Gasteiger partial charge >= 0.3 is 5.97 Å². The number of carbonyl (C=O) groups excluding carboxylic acids is 2. The molecule has 0 spiro atoms. The molecule has 94 valence electrons. The summed E-state index contributed by atoms with van der Waals surface area (Å²) in [7, 11) is 0. The van der Waals surface area contributed by atoms with E-state index in [9.17, 15) is 9.59 Å². The maximum Gasteiger partial charge on any atom is 0.375 e. The number of ketones is 1. The molecule has 1 aromatic carbocycles. The molecule has 1 N–H and O–H groups in total. The van der Waals surface area contributed by atoms with Crippen LogP contribution in [0.4, 0.5) is 0 Å². The number of ether oxygens (including phenoxy) is 1. The van der Waals surface area contributed by atoms with Gasteiger partial charge in [-0.3, -0.25) is 4.79 Å². The van der Waals surface area contributed by atoms with E-state index < -0.39 is 11.8 Å². The van der Waals surface area contributed by atoms with Crippen LogP contribution in [-0.2, 0) is 20.7 Å². The highest BCUT2D eigenvalue weighted by atomic mass is 16.5. The smallest absolute Gasteiger partial charge is 0.375 e. The molecule has 0 atom stereocenters. The average Bonchev–Trinajstić information content (AvgIpc) is 2.72. The van der Waals surface area contributed by atoms with Gasteiger partial charge in [-0.15, -0.1) is 0 Å². The van der Waals surface area contributed by atoms with Crippen LogP contribution < -0.4 is 0 Å². The molecule has 0 aliphatic rings. The Morgan fingerprint density at radius 1 is 1.28 bits per heavy atom. The minimum absolute atomic E-state index is 0.0650. The predicted octanol–water partition coefficient (Wildman–Crippen LogP) is 2.23. The first-order chi connectivity index (χ1) is 8.58. The van der Waals surface area contributed by atoms with Crippen LogP contribution in [0.15, 0.2) is 30.5 Å². The zero-order valence-corrected chi connectivity index (χ0v) is 10.4. The third-order valence-electron chi connectivity index (χ3n) is 2.60. The number of benzene rings is 1. The number of para-hydroxylation sites is 1. The summed E-state index contributed by atoms with van der Waals surface area (Å²) in [5.41, 5.74) is 1.77. The highest BCUT2D eigenvalue weighted by Gasteiger charge is 2.18. The number of Topliss-reactive ketones (excluding diaryl/α,β-unsaturated/α-hetero) is 1. The second-order valence-electron chi connectivity index (χ2n) is 4.41. The average molecular weight is 245 g/mol. The number of hydrogen-bond donors (Lipinski definition) is 1. The first-order valence-corrected chi connectivity index (χ1v) is 5.86. The zero-order chi connectivity index (χ0) is 13.1. The Kier molecular flexibility index (Phi) is 3.46. The van der Waals surface area contributed by atoms with Crippen molar-refractivity contribution in [2.45, 2.75) is 26.4 Å². The number of carbonyl (C=O) groups is 2. The molecule has 0 bridgehead atoms. The molecular formula is C14H15NO3. The summed E-state index contributed by atoms with van der Waals surface area (Å²) in [5.74, 6) is -1.29. The molecule has 18 heavy (non-hydrogen) atoms. The lowest BCUT2D eigenvalue weighted by Crippen LogP contribution is -2.22. The van der Waals surface area contributed by atoms with Crippen molar-refractivity contribution in [3.8, 4) is 0 Å². The van der Waals surface area contributed by atoms with E-state index in [1.165, 1.54) is 0 Å². The minimum Gasteiger partial charge on any atom is -0.457 e. The van der Waals surface area contributed by atoms with E-state index in [0.29, 0.717) is 0 Å². The van der Waals surface area contributed by atoms with Crippen LogP contribution in [0.3, 0.4) is 0 Å². The van der Waals surface area contributed by atoms with E-state index in [-0.39, 0.29) is 12.5 Å². The van der Waals surface area contributed by atoms with Gasteiger partial charge in [-0.1, -0.05) is 18.2 Å². The Morgan fingerprint density at radius 2 is 2.00 bits per heavy atom. The lowest BCUT2D eigenvalue weighted by molar-refractivity contribution is -0.156. The van der Waals surface area contributed by atoms with Crippen molar-refractivity contribution in [1.82, 2.24) is 4.98 Å². The first-order valence-electron chi connectivity index (χ1n) is 5.86. The van der Waals surface area contributed by atoms with Gasteiger partial charge in [0.2, 0.25) is 5.78 Å². The molecule has 0 radical (unpaired) electrons. The maximum atomic E-state index is 11.7. The van der Waals surface area contributed by atoms with Crippen LogP contribution in [0, 0.1) is 0 Å². The van der Waals surface area contributed by atoms with Crippen LogP contribution in [0.1, 0.15) is 19.4 Å². The number of H-pyrrole nitrogens is 1. The Balaban J connectivity index is 2.14. The van der Waals surface area contributed by atoms with Gasteiger partial charge in [-0.2, -0.15) is 0 Å². The lowest BCUT2D eigenvalue weighted by atomic mass is 10.1. The van der Waals surface area contributed by atoms with Crippen molar-refractivity contribution >= 4 is 22.7 Å². The first kappa shape index (κ1) is 12.4. The minimum atomic E-state index is -0.768. The molecule has 1 aromatic heterocycles. The van der Waals surface area contributed by atoms with Crippen LogP contribution in [0.5, 0.6) is 0 Å². The van der Waals surface area contributed by atoms with Gasteiger partial charge < -0.3 is 9.72 Å². The van der Waals surface area contributed by atoms with E-state index in [0.717, 1.165) is 16.5 Å². The number of nitrogens with one attached hydrogen (secondary N) is 1. The molecule has 4 heteroatoms. The number of rotatable bonds is 4. The van der Waals surface area contributed by atoms with Crippen LogP contribution >= 0.6 is 0 Å². The standard InChI is InChI=1S/C14H15NO3/c1-9(2)18-14(17)13(16)7-10-8-15-12-6-4-3-5-11(10)12/h3-6,8-9,15H,7H2,1-2H3. The fourth-order valence-electron chi connectivity index (χ4n) is 1.80. The summed E-state index contributed by atoms with van der Waals surface area (Å²) >= 11 is 0. The van der Waals surface area contributed by atoms with Gasteiger partial charge in [-0.05, 0) is 25.5 Å². The molecule has 2 rings (SSSR count). The summed E-state index contributed by atoms with van der Waals surface area (Å²) in [5, 5.41) is 0.961. The SMILES string of the molecule is CC(C)OC(=O)C(=O)Cc1c[nH]c2ccccc12. The molecule has 0 fully saturated rings. The summed E-state index contributed by atoms with van der Waals surface area (Å²) in [6, 6.07) is 7.66. The largest absolute Gasteiger partial charge is 0.457 e. The second-order valence-corrected chi connectivity index (χ2v) is 4.41. The Morgan fingerprint density at radius 3 is 2.72 bits per heavy atom. The van der Waals surface area contributed by atoms with E-state index in [2.05, 4.69) is 4.98 Å². The van der Waals surface area contributed by atoms with Gasteiger partial charge in [0.1, 0.15) is 0 Å². The molecule has 0 amide bonds. The van der Waals surface area contributed by atoms with Crippen LogP contribution in [0.2, 0.25) is 0 Å². The number of esters is 1. The summed E-state index contributed by atoms with van der Waals surface area (Å²) in [4.78, 5) is 26.2. The molecule has 1 heterocycles. The Bertz CT molecular complexity index is 583. The fraction of sp³-hybridized carbons (Fsp3) is 0.286. The maximum absolute atomic E-state index is 11.7. The lowest BCUT2D eigenvalue weighted by Gasteiger charge is -2.06.